The van der Waals surface area contributed by atoms with E-state index in [1.807, 2.05) is 19.1 Å². The summed E-state index contributed by atoms with van der Waals surface area (Å²) >= 11 is 12.1. The van der Waals surface area contributed by atoms with E-state index < -0.39 is 11.8 Å². The quantitative estimate of drug-likeness (QED) is 0.685. The van der Waals surface area contributed by atoms with Crippen molar-refractivity contribution in [3.05, 3.63) is 46.1 Å². The highest BCUT2D eigenvalue weighted by Gasteiger charge is 2.62. The van der Waals surface area contributed by atoms with E-state index in [-0.39, 0.29) is 29.5 Å². The molecule has 1 saturated heterocycles. The summed E-state index contributed by atoms with van der Waals surface area (Å²) < 4.78 is 28.1. The summed E-state index contributed by atoms with van der Waals surface area (Å²) in [6.07, 6.45) is -0.0850. The first kappa shape index (κ1) is 20.4. The highest BCUT2D eigenvalue weighted by Crippen LogP contribution is 2.57. The van der Waals surface area contributed by atoms with E-state index >= 15 is 0 Å². The number of aromatic nitrogens is 1. The molecule has 3 unspecified atom stereocenters. The van der Waals surface area contributed by atoms with Gasteiger partial charge in [-0.3, -0.25) is 4.90 Å². The third kappa shape index (κ3) is 3.96. The molecule has 2 aromatic rings. The van der Waals surface area contributed by atoms with Gasteiger partial charge in [0.05, 0.1) is 11.4 Å². The third-order valence-electron chi connectivity index (χ3n) is 5.86. The number of rotatable bonds is 4. The Morgan fingerprint density at radius 1 is 1.17 bits per heavy atom. The minimum atomic E-state index is -2.62. The molecule has 0 spiro atoms. The van der Waals surface area contributed by atoms with Crippen molar-refractivity contribution in [3.63, 3.8) is 0 Å². The van der Waals surface area contributed by atoms with Crippen LogP contribution in [0.1, 0.15) is 24.9 Å². The Kier molecular flexibility index (Phi) is 5.25. The number of nitrogens with zero attached hydrogens (tertiary/aromatic N) is 3. The largest absolute Gasteiger partial charge is 0.394 e. The number of benzene rings is 1. The zero-order valence-corrected chi connectivity index (χ0v) is 17.5. The van der Waals surface area contributed by atoms with E-state index in [0.29, 0.717) is 30.3 Å². The molecule has 0 bridgehead atoms. The number of anilines is 3. The van der Waals surface area contributed by atoms with Gasteiger partial charge in [-0.2, -0.15) is 0 Å². The number of nitrogen functional groups attached to an aromatic ring is 2. The highest BCUT2D eigenvalue weighted by molar-refractivity contribution is 6.30. The van der Waals surface area contributed by atoms with Crippen LogP contribution in [0.5, 0.6) is 0 Å². The number of piperazine rings is 1. The van der Waals surface area contributed by atoms with Crippen molar-refractivity contribution in [1.29, 1.82) is 0 Å². The Morgan fingerprint density at radius 3 is 2.41 bits per heavy atom. The van der Waals surface area contributed by atoms with Crippen molar-refractivity contribution in [2.75, 3.05) is 36.0 Å². The zero-order chi connectivity index (χ0) is 20.9. The Bertz CT molecular complexity index is 908. The first-order valence-corrected chi connectivity index (χ1v) is 10.3. The van der Waals surface area contributed by atoms with Gasteiger partial charge < -0.3 is 16.4 Å². The van der Waals surface area contributed by atoms with Crippen LogP contribution in [0.2, 0.25) is 10.2 Å². The lowest BCUT2D eigenvalue weighted by Crippen LogP contribution is -2.53. The van der Waals surface area contributed by atoms with Crippen LogP contribution in [0.4, 0.5) is 26.0 Å². The molecule has 2 fully saturated rings. The lowest BCUT2D eigenvalue weighted by atomic mass is 9.98. The van der Waals surface area contributed by atoms with Crippen LogP contribution >= 0.6 is 23.2 Å². The van der Waals surface area contributed by atoms with Crippen LogP contribution in [0.3, 0.4) is 0 Å². The van der Waals surface area contributed by atoms with Gasteiger partial charge in [-0.15, -0.1) is 0 Å². The summed E-state index contributed by atoms with van der Waals surface area (Å²) in [4.78, 5) is 8.23. The molecule has 2 aliphatic rings. The molecular formula is C20H23Cl2F2N5. The van der Waals surface area contributed by atoms with Gasteiger partial charge >= 0.3 is 0 Å². The minimum absolute atomic E-state index is 0.0334. The summed E-state index contributed by atoms with van der Waals surface area (Å²) in [5.41, 5.74) is 14.0. The van der Waals surface area contributed by atoms with Crippen LogP contribution in [0.15, 0.2) is 30.3 Å². The summed E-state index contributed by atoms with van der Waals surface area (Å²) in [7, 11) is 0. The fourth-order valence-corrected chi connectivity index (χ4v) is 4.62. The van der Waals surface area contributed by atoms with Gasteiger partial charge in [0.1, 0.15) is 5.15 Å². The number of pyridine rings is 1. The van der Waals surface area contributed by atoms with Gasteiger partial charge in [0, 0.05) is 55.1 Å². The molecule has 0 radical (unpaired) electrons. The smallest absolute Gasteiger partial charge is 0.253 e. The maximum Gasteiger partial charge on any atom is 0.253 e. The molecule has 1 aromatic heterocycles. The van der Waals surface area contributed by atoms with Crippen LogP contribution in [-0.4, -0.2) is 41.5 Å². The molecule has 1 aliphatic heterocycles. The maximum atomic E-state index is 14.0. The molecule has 156 valence electrons. The number of hydrogen-bond acceptors (Lipinski definition) is 5. The Labute approximate surface area is 178 Å². The molecular weight excluding hydrogens is 419 g/mol. The Hall–Kier alpha value is -1.83. The van der Waals surface area contributed by atoms with Crippen molar-refractivity contribution in [2.45, 2.75) is 31.4 Å². The molecule has 0 amide bonds. The molecule has 2 heterocycles. The number of nitrogens with two attached hydrogens (primary N) is 2. The predicted octanol–water partition coefficient (Wildman–Crippen LogP) is 4.46. The topological polar surface area (TPSA) is 71.4 Å². The molecule has 9 heteroatoms. The molecule has 5 nitrogen and oxygen atoms in total. The SMILES string of the molecule is CC1CN(C(c2ccc(Cl)cc2)C2CC2(F)F)CCN1c1cc(Cl)nc(N)c1N. The van der Waals surface area contributed by atoms with Gasteiger partial charge in [-0.25, -0.2) is 13.8 Å². The van der Waals surface area contributed by atoms with Crippen molar-refractivity contribution < 1.29 is 8.78 Å². The van der Waals surface area contributed by atoms with E-state index in [1.54, 1.807) is 18.2 Å². The molecule has 1 aliphatic carbocycles. The Morgan fingerprint density at radius 2 is 1.83 bits per heavy atom. The molecule has 3 atom stereocenters. The molecule has 1 aromatic carbocycles. The zero-order valence-electron chi connectivity index (χ0n) is 16.0. The van der Waals surface area contributed by atoms with E-state index in [1.165, 1.54) is 0 Å². The van der Waals surface area contributed by atoms with Crippen LogP contribution in [-0.2, 0) is 0 Å². The number of halogens is 4. The van der Waals surface area contributed by atoms with Gasteiger partial charge in [-0.1, -0.05) is 35.3 Å². The minimum Gasteiger partial charge on any atom is -0.394 e. The highest BCUT2D eigenvalue weighted by atomic mass is 35.5. The van der Waals surface area contributed by atoms with Gasteiger partial charge in [0.2, 0.25) is 0 Å². The monoisotopic (exact) mass is 441 g/mol. The molecule has 1 saturated carbocycles. The summed E-state index contributed by atoms with van der Waals surface area (Å²) in [5, 5.41) is 0.869. The number of hydrogen-bond donors (Lipinski definition) is 2. The maximum absolute atomic E-state index is 14.0. The normalized spacial score (nSPS) is 25.1. The first-order valence-electron chi connectivity index (χ1n) is 9.53. The van der Waals surface area contributed by atoms with Gasteiger partial charge in [0.15, 0.2) is 5.82 Å². The van der Waals surface area contributed by atoms with E-state index in [2.05, 4.69) is 14.8 Å². The standard InChI is InChI=1S/C20H23Cl2F2N5/c1-11-10-28(6-7-29(11)15-8-16(22)27-19(26)17(15)25)18(14-9-20(14,23)24)12-2-4-13(21)5-3-12/h2-5,8,11,14,18H,6-7,9-10,25H2,1H3,(H2,26,27). The molecule has 4 rings (SSSR count). The van der Waals surface area contributed by atoms with Crippen molar-refractivity contribution in [1.82, 2.24) is 9.88 Å². The van der Waals surface area contributed by atoms with Crippen molar-refractivity contribution >= 4 is 40.4 Å². The summed E-state index contributed by atoms with van der Waals surface area (Å²) in [6, 6.07) is 8.59. The van der Waals surface area contributed by atoms with E-state index in [9.17, 15) is 8.78 Å². The Balaban J connectivity index is 1.58. The van der Waals surface area contributed by atoms with Gasteiger partial charge in [-0.05, 0) is 24.6 Å². The lowest BCUT2D eigenvalue weighted by Gasteiger charge is -2.45. The average Bonchev–Trinajstić information content (AvgIpc) is 3.28. The second kappa shape index (κ2) is 7.45. The predicted molar refractivity (Wildman–Crippen MR) is 114 cm³/mol. The molecule has 29 heavy (non-hydrogen) atoms. The number of alkyl halides is 2. The molecule has 4 N–H and O–H groups in total. The van der Waals surface area contributed by atoms with Crippen LogP contribution < -0.4 is 16.4 Å². The fourth-order valence-electron chi connectivity index (χ4n) is 4.30. The third-order valence-corrected chi connectivity index (χ3v) is 6.31. The second-order valence-corrected chi connectivity index (χ2v) is 8.69. The first-order chi connectivity index (χ1) is 13.7. The average molecular weight is 442 g/mol. The summed E-state index contributed by atoms with van der Waals surface area (Å²) in [5.74, 6) is -3.11. The van der Waals surface area contributed by atoms with Crippen LogP contribution in [0.25, 0.3) is 0 Å². The van der Waals surface area contributed by atoms with Crippen molar-refractivity contribution in [3.8, 4) is 0 Å². The van der Waals surface area contributed by atoms with Crippen molar-refractivity contribution in [2.24, 2.45) is 5.92 Å². The lowest BCUT2D eigenvalue weighted by molar-refractivity contribution is 0.0570. The second-order valence-electron chi connectivity index (χ2n) is 7.87. The van der Waals surface area contributed by atoms with Gasteiger partial charge in [0.25, 0.3) is 5.92 Å². The van der Waals surface area contributed by atoms with Crippen LogP contribution in [0, 0.1) is 5.92 Å². The van der Waals surface area contributed by atoms with E-state index in [4.69, 9.17) is 34.7 Å². The van der Waals surface area contributed by atoms with E-state index in [0.717, 1.165) is 11.3 Å². The summed E-state index contributed by atoms with van der Waals surface area (Å²) in [6.45, 7) is 3.89. The fraction of sp³-hybridized carbons (Fsp3) is 0.450.